The first-order valence-corrected chi connectivity index (χ1v) is 4.19. The molecule has 0 radical (unpaired) electrons. The summed E-state index contributed by atoms with van der Waals surface area (Å²) < 4.78 is 4.85. The van der Waals surface area contributed by atoms with Crippen molar-refractivity contribution in [2.45, 2.75) is 13.1 Å². The van der Waals surface area contributed by atoms with Gasteiger partial charge in [-0.15, -0.1) is 0 Å². The second-order valence-electron chi connectivity index (χ2n) is 2.79. The summed E-state index contributed by atoms with van der Waals surface area (Å²) in [5, 5.41) is 0. The quantitative estimate of drug-likeness (QED) is 0.621. The molecule has 1 heterocycles. The predicted octanol–water partition coefficient (Wildman–Crippen LogP) is 0.220. The third kappa shape index (κ3) is 2.09. The molecule has 0 aromatic rings. The third-order valence-corrected chi connectivity index (χ3v) is 1.87. The Morgan fingerprint density at radius 2 is 2.46 bits per heavy atom. The molecule has 0 bridgehead atoms. The maximum atomic E-state index is 11.3. The number of likely N-dealkylation sites (N-methyl/N-ethyl adjacent to an activating group) is 1. The van der Waals surface area contributed by atoms with E-state index in [1.807, 2.05) is 13.2 Å². The van der Waals surface area contributed by atoms with Crippen molar-refractivity contribution in [2.75, 3.05) is 13.7 Å². The molecule has 2 N–H and O–H groups in total. The first-order valence-electron chi connectivity index (χ1n) is 4.19. The number of rotatable bonds is 2. The average molecular weight is 182 g/mol. The van der Waals surface area contributed by atoms with E-state index in [4.69, 9.17) is 10.5 Å². The number of allylic oxidation sites excluding steroid dienone is 2. The molecule has 13 heavy (non-hydrogen) atoms. The van der Waals surface area contributed by atoms with Gasteiger partial charge in [0.05, 0.1) is 12.2 Å². The van der Waals surface area contributed by atoms with Gasteiger partial charge in [-0.3, -0.25) is 0 Å². The molecular formula is C9H14N2O2. The SMILES string of the molecule is CCOC(=O)C1=CC=CN(C)C1N. The zero-order valence-corrected chi connectivity index (χ0v) is 7.86. The summed E-state index contributed by atoms with van der Waals surface area (Å²) in [5.41, 5.74) is 6.25. The molecule has 1 rings (SSSR count). The molecular weight excluding hydrogens is 168 g/mol. The molecule has 72 valence electrons. The van der Waals surface area contributed by atoms with Gasteiger partial charge in [-0.05, 0) is 19.1 Å². The monoisotopic (exact) mass is 182 g/mol. The van der Waals surface area contributed by atoms with Crippen LogP contribution in [0.15, 0.2) is 23.9 Å². The average Bonchev–Trinajstić information content (AvgIpc) is 2.10. The smallest absolute Gasteiger partial charge is 0.337 e. The van der Waals surface area contributed by atoms with Gasteiger partial charge in [0.25, 0.3) is 0 Å². The van der Waals surface area contributed by atoms with Crippen LogP contribution in [0.2, 0.25) is 0 Å². The van der Waals surface area contributed by atoms with Gasteiger partial charge in [0.1, 0.15) is 6.17 Å². The first-order chi connectivity index (χ1) is 6.16. The van der Waals surface area contributed by atoms with Gasteiger partial charge in [0.15, 0.2) is 0 Å². The fraction of sp³-hybridized carbons (Fsp3) is 0.444. The normalized spacial score (nSPS) is 21.3. The van der Waals surface area contributed by atoms with Gasteiger partial charge < -0.3 is 15.4 Å². The Hall–Kier alpha value is -1.29. The van der Waals surface area contributed by atoms with Crippen LogP contribution in [-0.2, 0) is 9.53 Å². The van der Waals surface area contributed by atoms with Crippen LogP contribution in [0.25, 0.3) is 0 Å². The Bertz CT molecular complexity index is 258. The van der Waals surface area contributed by atoms with E-state index in [0.29, 0.717) is 12.2 Å². The minimum atomic E-state index is -0.399. The van der Waals surface area contributed by atoms with Gasteiger partial charge in [-0.1, -0.05) is 0 Å². The summed E-state index contributed by atoms with van der Waals surface area (Å²) >= 11 is 0. The zero-order valence-electron chi connectivity index (χ0n) is 7.86. The fourth-order valence-electron chi connectivity index (χ4n) is 1.10. The highest BCUT2D eigenvalue weighted by atomic mass is 16.5. The lowest BCUT2D eigenvalue weighted by Gasteiger charge is -2.26. The minimum Gasteiger partial charge on any atom is -0.463 e. The Morgan fingerprint density at radius 1 is 1.77 bits per heavy atom. The van der Waals surface area contributed by atoms with Crippen LogP contribution in [0.1, 0.15) is 6.92 Å². The summed E-state index contributed by atoms with van der Waals surface area (Å²) in [4.78, 5) is 13.1. The van der Waals surface area contributed by atoms with Crippen LogP contribution in [0.3, 0.4) is 0 Å². The lowest BCUT2D eigenvalue weighted by atomic mass is 10.1. The number of ether oxygens (including phenoxy) is 1. The summed E-state index contributed by atoms with van der Waals surface area (Å²) in [6, 6.07) is 0. The summed E-state index contributed by atoms with van der Waals surface area (Å²) in [6.07, 6.45) is 4.87. The summed E-state index contributed by atoms with van der Waals surface area (Å²) in [6.45, 7) is 2.14. The van der Waals surface area contributed by atoms with Crippen molar-refractivity contribution in [2.24, 2.45) is 5.73 Å². The largest absolute Gasteiger partial charge is 0.463 e. The van der Waals surface area contributed by atoms with Crippen molar-refractivity contribution in [3.63, 3.8) is 0 Å². The van der Waals surface area contributed by atoms with E-state index in [1.165, 1.54) is 0 Å². The zero-order chi connectivity index (χ0) is 9.84. The second-order valence-corrected chi connectivity index (χ2v) is 2.79. The van der Waals surface area contributed by atoms with E-state index < -0.39 is 6.17 Å². The van der Waals surface area contributed by atoms with Crippen molar-refractivity contribution in [3.05, 3.63) is 23.9 Å². The number of hydrogen-bond acceptors (Lipinski definition) is 4. The van der Waals surface area contributed by atoms with E-state index in [2.05, 4.69) is 0 Å². The third-order valence-electron chi connectivity index (χ3n) is 1.87. The van der Waals surface area contributed by atoms with Gasteiger partial charge in [-0.2, -0.15) is 0 Å². The van der Waals surface area contributed by atoms with Crippen LogP contribution >= 0.6 is 0 Å². The Kier molecular flexibility index (Phi) is 3.08. The number of hydrogen-bond donors (Lipinski definition) is 1. The van der Waals surface area contributed by atoms with Gasteiger partial charge in [0, 0.05) is 13.2 Å². The highest BCUT2D eigenvalue weighted by Crippen LogP contribution is 2.11. The molecule has 0 amide bonds. The van der Waals surface area contributed by atoms with E-state index in [-0.39, 0.29) is 5.97 Å². The van der Waals surface area contributed by atoms with Crippen molar-refractivity contribution in [3.8, 4) is 0 Å². The van der Waals surface area contributed by atoms with Crippen LogP contribution in [0, 0.1) is 0 Å². The van der Waals surface area contributed by atoms with E-state index in [0.717, 1.165) is 0 Å². The molecule has 0 aliphatic carbocycles. The molecule has 0 aromatic heterocycles. The standard InChI is InChI=1S/C9H14N2O2/c1-3-13-9(12)7-5-4-6-11(2)8(7)10/h4-6,8H,3,10H2,1-2H3. The van der Waals surface area contributed by atoms with Gasteiger partial charge >= 0.3 is 5.97 Å². The maximum absolute atomic E-state index is 11.3. The van der Waals surface area contributed by atoms with Crippen LogP contribution in [0.4, 0.5) is 0 Å². The molecule has 0 aromatic carbocycles. The van der Waals surface area contributed by atoms with E-state index in [9.17, 15) is 4.79 Å². The van der Waals surface area contributed by atoms with Gasteiger partial charge in [-0.25, -0.2) is 4.79 Å². The molecule has 1 atom stereocenters. The molecule has 1 unspecified atom stereocenters. The van der Waals surface area contributed by atoms with E-state index >= 15 is 0 Å². The van der Waals surface area contributed by atoms with Crippen LogP contribution < -0.4 is 5.73 Å². The van der Waals surface area contributed by atoms with Crippen molar-refractivity contribution in [1.29, 1.82) is 0 Å². The number of nitrogens with two attached hydrogens (primary N) is 1. The summed E-state index contributed by atoms with van der Waals surface area (Å²) in [5.74, 6) is -0.341. The number of nitrogens with zero attached hydrogens (tertiary/aromatic N) is 1. The van der Waals surface area contributed by atoms with Crippen molar-refractivity contribution in [1.82, 2.24) is 4.90 Å². The Morgan fingerprint density at radius 3 is 3.08 bits per heavy atom. The number of carbonyl (C=O) groups excluding carboxylic acids is 1. The van der Waals surface area contributed by atoms with E-state index in [1.54, 1.807) is 24.0 Å². The van der Waals surface area contributed by atoms with Gasteiger partial charge in [0.2, 0.25) is 0 Å². The molecule has 1 aliphatic rings. The first kappa shape index (κ1) is 9.80. The Labute approximate surface area is 77.6 Å². The predicted molar refractivity (Wildman–Crippen MR) is 49.6 cm³/mol. The van der Waals surface area contributed by atoms with Crippen molar-refractivity contribution < 1.29 is 9.53 Å². The maximum Gasteiger partial charge on any atom is 0.337 e. The minimum absolute atomic E-state index is 0.341. The molecule has 0 saturated heterocycles. The lowest BCUT2D eigenvalue weighted by molar-refractivity contribution is -0.139. The highest BCUT2D eigenvalue weighted by Gasteiger charge is 2.22. The highest BCUT2D eigenvalue weighted by molar-refractivity contribution is 5.90. The topological polar surface area (TPSA) is 55.6 Å². The molecule has 1 aliphatic heterocycles. The Balaban J connectivity index is 2.73. The molecule has 4 heteroatoms. The van der Waals surface area contributed by atoms with Crippen LogP contribution in [-0.4, -0.2) is 30.7 Å². The molecule has 0 fully saturated rings. The number of carbonyl (C=O) groups is 1. The van der Waals surface area contributed by atoms with Crippen molar-refractivity contribution >= 4 is 5.97 Å². The molecule has 0 spiro atoms. The lowest BCUT2D eigenvalue weighted by Crippen LogP contribution is -2.41. The molecule has 0 saturated carbocycles. The van der Waals surface area contributed by atoms with Crippen LogP contribution in [0.5, 0.6) is 0 Å². The summed E-state index contributed by atoms with van der Waals surface area (Å²) in [7, 11) is 1.81. The molecule has 4 nitrogen and oxygen atoms in total. The number of esters is 1. The fourth-order valence-corrected chi connectivity index (χ4v) is 1.10. The second kappa shape index (κ2) is 4.09.